The molecule has 0 aromatic carbocycles. The zero-order valence-electron chi connectivity index (χ0n) is 8.55. The number of hydrogen-bond donors (Lipinski definition) is 2. The first-order valence-corrected chi connectivity index (χ1v) is 5.09. The third kappa shape index (κ3) is 3.89. The van der Waals surface area contributed by atoms with Crippen LogP contribution in [0.5, 0.6) is 0 Å². The maximum absolute atomic E-state index is 11.1. The fourth-order valence-corrected chi connectivity index (χ4v) is 1.25. The summed E-state index contributed by atoms with van der Waals surface area (Å²) in [5.74, 6) is 0.429. The number of ether oxygens (including phenoxy) is 1. The maximum Gasteiger partial charge on any atom is 0.271 e. The predicted octanol–water partition coefficient (Wildman–Crippen LogP) is 1.26. The van der Waals surface area contributed by atoms with Gasteiger partial charge in [0, 0.05) is 20.3 Å². The van der Waals surface area contributed by atoms with E-state index >= 15 is 0 Å². The van der Waals surface area contributed by atoms with Gasteiger partial charge in [-0.2, -0.15) is 0 Å². The fraction of sp³-hybridized carbons (Fsp3) is 0.556. The van der Waals surface area contributed by atoms with E-state index in [0.717, 1.165) is 26.0 Å². The van der Waals surface area contributed by atoms with E-state index in [1.165, 1.54) is 6.33 Å². The number of nitrogens with one attached hydrogen (secondary N) is 2. The Labute approximate surface area is 92.8 Å². The van der Waals surface area contributed by atoms with Gasteiger partial charge < -0.3 is 15.0 Å². The fourth-order valence-electron chi connectivity index (χ4n) is 1.08. The van der Waals surface area contributed by atoms with E-state index in [-0.39, 0.29) is 10.6 Å². The van der Waals surface area contributed by atoms with E-state index in [2.05, 4.69) is 15.3 Å². The molecule has 0 atom stereocenters. The molecule has 0 saturated carbocycles. The molecule has 0 saturated heterocycles. The average Bonchev–Trinajstić information content (AvgIpc) is 2.24. The third-order valence-corrected chi connectivity index (χ3v) is 2.21. The van der Waals surface area contributed by atoms with Crippen LogP contribution in [0.4, 0.5) is 5.82 Å². The number of unbranched alkanes of at least 4 members (excludes halogenated alkanes) is 1. The van der Waals surface area contributed by atoms with Gasteiger partial charge in [-0.25, -0.2) is 4.98 Å². The van der Waals surface area contributed by atoms with Crippen LogP contribution in [0.25, 0.3) is 0 Å². The van der Waals surface area contributed by atoms with E-state index in [1.807, 2.05) is 0 Å². The summed E-state index contributed by atoms with van der Waals surface area (Å²) in [5.41, 5.74) is -0.328. The molecule has 1 aromatic rings. The molecule has 0 aliphatic carbocycles. The van der Waals surface area contributed by atoms with Crippen LogP contribution < -0.4 is 10.9 Å². The Kier molecular flexibility index (Phi) is 5.14. The lowest BCUT2D eigenvalue weighted by Crippen LogP contribution is -2.12. The number of H-pyrrole nitrogens is 1. The minimum atomic E-state index is -0.328. The van der Waals surface area contributed by atoms with Crippen molar-refractivity contribution in [3.05, 3.63) is 21.7 Å². The van der Waals surface area contributed by atoms with E-state index in [9.17, 15) is 4.79 Å². The Morgan fingerprint density at radius 3 is 3.13 bits per heavy atom. The van der Waals surface area contributed by atoms with Gasteiger partial charge in [0.15, 0.2) is 5.82 Å². The lowest BCUT2D eigenvalue weighted by Gasteiger charge is -2.05. The summed E-state index contributed by atoms with van der Waals surface area (Å²) in [7, 11) is 1.67. The Morgan fingerprint density at radius 1 is 1.60 bits per heavy atom. The highest BCUT2D eigenvalue weighted by Crippen LogP contribution is 2.11. The molecule has 1 aromatic heterocycles. The predicted molar refractivity (Wildman–Crippen MR) is 59.5 cm³/mol. The van der Waals surface area contributed by atoms with Crippen molar-refractivity contribution in [2.24, 2.45) is 0 Å². The molecule has 0 aliphatic rings. The van der Waals surface area contributed by atoms with Crippen LogP contribution in [-0.2, 0) is 4.74 Å². The lowest BCUT2D eigenvalue weighted by atomic mass is 10.3. The van der Waals surface area contributed by atoms with E-state index in [4.69, 9.17) is 16.3 Å². The smallest absolute Gasteiger partial charge is 0.271 e. The molecule has 15 heavy (non-hydrogen) atoms. The van der Waals surface area contributed by atoms with Crippen molar-refractivity contribution in [1.29, 1.82) is 0 Å². The first-order chi connectivity index (χ1) is 7.25. The molecule has 0 fully saturated rings. The number of nitrogens with zero attached hydrogens (tertiary/aromatic N) is 1. The summed E-state index contributed by atoms with van der Waals surface area (Å²) in [6.45, 7) is 1.46. The molecule has 6 heteroatoms. The van der Waals surface area contributed by atoms with Crippen molar-refractivity contribution >= 4 is 17.4 Å². The van der Waals surface area contributed by atoms with Crippen LogP contribution in [0.15, 0.2) is 11.1 Å². The standard InChI is InChI=1S/C9H14ClN3O2/c1-15-5-3-2-4-11-8-7(10)9(14)13-6-12-8/h6H,2-5H2,1H3,(H2,11,12,13,14). The SMILES string of the molecule is COCCCCNc1nc[nH]c(=O)c1Cl. The zero-order chi connectivity index (χ0) is 11.1. The summed E-state index contributed by atoms with van der Waals surface area (Å²) >= 11 is 5.74. The number of anilines is 1. The number of aromatic nitrogens is 2. The normalized spacial score (nSPS) is 10.3. The first kappa shape index (κ1) is 12.0. The van der Waals surface area contributed by atoms with Crippen molar-refractivity contribution in [3.63, 3.8) is 0 Å². The second kappa shape index (κ2) is 6.42. The van der Waals surface area contributed by atoms with Gasteiger partial charge >= 0.3 is 0 Å². The van der Waals surface area contributed by atoms with Crippen molar-refractivity contribution in [2.45, 2.75) is 12.8 Å². The number of methoxy groups -OCH3 is 1. The maximum atomic E-state index is 11.1. The Balaban J connectivity index is 2.38. The number of halogens is 1. The van der Waals surface area contributed by atoms with Crippen LogP contribution in [0.2, 0.25) is 5.02 Å². The van der Waals surface area contributed by atoms with Crippen molar-refractivity contribution in [1.82, 2.24) is 9.97 Å². The molecule has 0 amide bonds. The quantitative estimate of drug-likeness (QED) is 0.724. The number of aromatic amines is 1. The van der Waals surface area contributed by atoms with Crippen LogP contribution in [-0.4, -0.2) is 30.2 Å². The summed E-state index contributed by atoms with van der Waals surface area (Å²) in [6, 6.07) is 0. The molecular formula is C9H14ClN3O2. The van der Waals surface area contributed by atoms with Gasteiger partial charge in [0.1, 0.15) is 5.02 Å². The van der Waals surface area contributed by atoms with Crippen LogP contribution in [0, 0.1) is 0 Å². The molecule has 0 spiro atoms. The van der Waals surface area contributed by atoms with E-state index in [1.54, 1.807) is 7.11 Å². The number of hydrogen-bond acceptors (Lipinski definition) is 4. The molecule has 1 rings (SSSR count). The lowest BCUT2D eigenvalue weighted by molar-refractivity contribution is 0.194. The van der Waals surface area contributed by atoms with E-state index in [0.29, 0.717) is 5.82 Å². The summed E-state index contributed by atoms with van der Waals surface area (Å²) in [6.07, 6.45) is 3.23. The Morgan fingerprint density at radius 2 is 2.40 bits per heavy atom. The summed E-state index contributed by atoms with van der Waals surface area (Å²) < 4.78 is 4.91. The molecule has 1 heterocycles. The average molecular weight is 232 g/mol. The molecule has 0 unspecified atom stereocenters. The molecule has 5 nitrogen and oxygen atoms in total. The number of rotatable bonds is 6. The zero-order valence-corrected chi connectivity index (χ0v) is 9.30. The highest BCUT2D eigenvalue weighted by Gasteiger charge is 2.03. The van der Waals surface area contributed by atoms with Gasteiger partial charge in [-0.3, -0.25) is 4.79 Å². The first-order valence-electron chi connectivity index (χ1n) is 4.71. The second-order valence-electron chi connectivity index (χ2n) is 3.02. The third-order valence-electron chi connectivity index (χ3n) is 1.86. The minimum absolute atomic E-state index is 0.101. The van der Waals surface area contributed by atoms with Gasteiger partial charge in [0.2, 0.25) is 0 Å². The van der Waals surface area contributed by atoms with Gasteiger partial charge in [-0.15, -0.1) is 0 Å². The molecule has 2 N–H and O–H groups in total. The van der Waals surface area contributed by atoms with Crippen molar-refractivity contribution in [3.8, 4) is 0 Å². The van der Waals surface area contributed by atoms with Gasteiger partial charge in [0.25, 0.3) is 5.56 Å². The highest BCUT2D eigenvalue weighted by molar-refractivity contribution is 6.32. The van der Waals surface area contributed by atoms with Gasteiger partial charge in [-0.1, -0.05) is 11.6 Å². The molecule has 0 bridgehead atoms. The van der Waals surface area contributed by atoms with Gasteiger partial charge in [0.05, 0.1) is 6.33 Å². The van der Waals surface area contributed by atoms with Crippen molar-refractivity contribution < 1.29 is 4.74 Å². The molecular weight excluding hydrogens is 218 g/mol. The molecule has 0 radical (unpaired) electrons. The summed E-state index contributed by atoms with van der Waals surface area (Å²) in [5, 5.41) is 3.10. The highest BCUT2D eigenvalue weighted by atomic mass is 35.5. The Hall–Kier alpha value is -1.07. The molecule has 0 aliphatic heterocycles. The van der Waals surface area contributed by atoms with Crippen LogP contribution in [0.1, 0.15) is 12.8 Å². The van der Waals surface area contributed by atoms with Gasteiger partial charge in [-0.05, 0) is 12.8 Å². The Bertz CT molecular complexity index is 353. The summed E-state index contributed by atoms with van der Waals surface area (Å²) in [4.78, 5) is 17.4. The topological polar surface area (TPSA) is 67.0 Å². The van der Waals surface area contributed by atoms with E-state index < -0.39 is 0 Å². The molecule has 84 valence electrons. The van der Waals surface area contributed by atoms with Crippen LogP contribution >= 0.6 is 11.6 Å². The largest absolute Gasteiger partial charge is 0.385 e. The monoisotopic (exact) mass is 231 g/mol. The second-order valence-corrected chi connectivity index (χ2v) is 3.40. The minimum Gasteiger partial charge on any atom is -0.385 e. The van der Waals surface area contributed by atoms with Crippen LogP contribution in [0.3, 0.4) is 0 Å². The van der Waals surface area contributed by atoms with Crippen molar-refractivity contribution in [2.75, 3.05) is 25.6 Å².